The van der Waals surface area contributed by atoms with Gasteiger partial charge in [0, 0.05) is 29.6 Å². The lowest BCUT2D eigenvalue weighted by atomic mass is 10.1. The molecule has 0 spiro atoms. The number of hydrogen-bond donors (Lipinski definition) is 2. The first-order chi connectivity index (χ1) is 14.5. The quantitative estimate of drug-likeness (QED) is 0.500. The summed E-state index contributed by atoms with van der Waals surface area (Å²) >= 11 is 0. The molecule has 150 valence electrons. The van der Waals surface area contributed by atoms with Crippen molar-refractivity contribution < 1.29 is 9.90 Å². The van der Waals surface area contributed by atoms with E-state index in [0.717, 1.165) is 16.9 Å². The summed E-state index contributed by atoms with van der Waals surface area (Å²) in [5.74, 6) is -0.290. The van der Waals surface area contributed by atoms with Gasteiger partial charge in [-0.15, -0.1) is 0 Å². The highest BCUT2D eigenvalue weighted by Crippen LogP contribution is 2.26. The van der Waals surface area contributed by atoms with Gasteiger partial charge in [0.25, 0.3) is 0 Å². The smallest absolute Gasteiger partial charge is 0.303 e. The van der Waals surface area contributed by atoms with Crippen molar-refractivity contribution in [1.29, 1.82) is 0 Å². The average molecular weight is 399 g/mol. The van der Waals surface area contributed by atoms with Gasteiger partial charge in [0.05, 0.1) is 11.8 Å². The number of rotatable bonds is 6. The summed E-state index contributed by atoms with van der Waals surface area (Å²) in [5, 5.41) is 12.9. The van der Waals surface area contributed by atoms with Gasteiger partial charge in [0.2, 0.25) is 0 Å². The van der Waals surface area contributed by atoms with Gasteiger partial charge in [-0.05, 0) is 42.8 Å². The summed E-state index contributed by atoms with van der Waals surface area (Å²) in [4.78, 5) is 28.7. The molecule has 6 heteroatoms. The van der Waals surface area contributed by atoms with Gasteiger partial charge in [0.1, 0.15) is 5.82 Å². The third kappa shape index (κ3) is 3.93. The predicted molar refractivity (Wildman–Crippen MR) is 118 cm³/mol. The van der Waals surface area contributed by atoms with E-state index in [9.17, 15) is 9.59 Å². The van der Waals surface area contributed by atoms with Crippen LogP contribution in [0.1, 0.15) is 17.7 Å². The minimum absolute atomic E-state index is 0.0184. The molecule has 0 aliphatic rings. The Labute approximate surface area is 173 Å². The molecule has 2 aromatic heterocycles. The number of benzene rings is 2. The normalized spacial score (nSPS) is 10.8. The highest BCUT2D eigenvalue weighted by Gasteiger charge is 2.16. The molecule has 0 unspecified atom stereocenters. The molecule has 0 fully saturated rings. The van der Waals surface area contributed by atoms with Crippen LogP contribution in [0.2, 0.25) is 0 Å². The molecule has 4 aromatic rings. The first kappa shape index (κ1) is 19.4. The third-order valence-electron chi connectivity index (χ3n) is 4.87. The van der Waals surface area contributed by atoms with Crippen LogP contribution >= 0.6 is 0 Å². The molecule has 2 aromatic carbocycles. The van der Waals surface area contributed by atoms with Gasteiger partial charge in [-0.1, -0.05) is 36.4 Å². The molecular weight excluding hydrogens is 378 g/mol. The van der Waals surface area contributed by atoms with Crippen molar-refractivity contribution in [2.24, 2.45) is 0 Å². The Morgan fingerprint density at radius 2 is 1.70 bits per heavy atom. The number of nitrogens with one attached hydrogen (secondary N) is 1. The third-order valence-corrected chi connectivity index (χ3v) is 4.87. The molecule has 0 aliphatic carbocycles. The second kappa shape index (κ2) is 8.21. The van der Waals surface area contributed by atoms with Gasteiger partial charge in [-0.3, -0.25) is 14.2 Å². The number of fused-ring (bicyclic) bond motifs is 1. The molecule has 0 saturated heterocycles. The molecule has 2 heterocycles. The maximum atomic E-state index is 13.0. The number of anilines is 2. The summed E-state index contributed by atoms with van der Waals surface area (Å²) < 4.78 is 1.90. The van der Waals surface area contributed by atoms with Crippen LogP contribution in [0.5, 0.6) is 0 Å². The van der Waals surface area contributed by atoms with E-state index in [1.165, 1.54) is 0 Å². The number of carboxylic acids is 1. The van der Waals surface area contributed by atoms with E-state index in [-0.39, 0.29) is 11.8 Å². The molecule has 0 aliphatic heterocycles. The fraction of sp³-hybridized carbons (Fsp3) is 0.125. The van der Waals surface area contributed by atoms with Gasteiger partial charge in [0.15, 0.2) is 11.1 Å². The number of carboxylic acid groups (broad SMARTS) is 1. The minimum Gasteiger partial charge on any atom is -0.481 e. The monoisotopic (exact) mass is 399 g/mol. The van der Waals surface area contributed by atoms with E-state index in [0.29, 0.717) is 29.0 Å². The standard InChI is InChI=1S/C24H21N3O3/c1-16-14-18(12-13-22(29)30)26-24-23(16)20(28)15-21(25-17-8-4-2-5-9-17)27(24)19-10-6-3-7-11-19/h2-11,14-15,25H,12-13H2,1H3,(H,29,30). The first-order valence-corrected chi connectivity index (χ1v) is 9.68. The lowest BCUT2D eigenvalue weighted by molar-refractivity contribution is -0.136. The zero-order chi connectivity index (χ0) is 21.1. The zero-order valence-corrected chi connectivity index (χ0v) is 16.5. The Kier molecular flexibility index (Phi) is 5.30. The number of aromatic nitrogens is 2. The van der Waals surface area contributed by atoms with Gasteiger partial charge in [-0.2, -0.15) is 0 Å². The topological polar surface area (TPSA) is 84.2 Å². The molecule has 4 rings (SSSR count). The predicted octanol–water partition coefficient (Wildman–Crippen LogP) is 4.45. The first-order valence-electron chi connectivity index (χ1n) is 9.68. The fourth-order valence-corrected chi connectivity index (χ4v) is 3.53. The molecule has 0 bridgehead atoms. The number of hydrogen-bond acceptors (Lipinski definition) is 4. The average Bonchev–Trinajstić information content (AvgIpc) is 2.73. The van der Waals surface area contributed by atoms with E-state index >= 15 is 0 Å². The second-order valence-electron chi connectivity index (χ2n) is 7.08. The molecule has 0 atom stereocenters. The summed E-state index contributed by atoms with van der Waals surface area (Å²) in [6, 6.07) is 22.6. The van der Waals surface area contributed by atoms with Crippen LogP contribution in [0.15, 0.2) is 77.6 Å². The van der Waals surface area contributed by atoms with Crippen LogP contribution in [0.4, 0.5) is 11.5 Å². The van der Waals surface area contributed by atoms with Crippen LogP contribution in [0.25, 0.3) is 16.7 Å². The number of para-hydroxylation sites is 2. The molecule has 30 heavy (non-hydrogen) atoms. The van der Waals surface area contributed by atoms with Gasteiger partial charge >= 0.3 is 5.97 Å². The Balaban J connectivity index is 1.98. The van der Waals surface area contributed by atoms with Crippen LogP contribution in [0, 0.1) is 6.92 Å². The molecule has 0 amide bonds. The summed E-state index contributed by atoms with van der Waals surface area (Å²) in [5.41, 5.74) is 3.49. The van der Waals surface area contributed by atoms with Crippen molar-refractivity contribution in [2.45, 2.75) is 19.8 Å². The fourth-order valence-electron chi connectivity index (χ4n) is 3.53. The molecule has 6 nitrogen and oxygen atoms in total. The molecule has 0 radical (unpaired) electrons. The number of aliphatic carboxylic acids is 1. The lowest BCUT2D eigenvalue weighted by Gasteiger charge is -2.19. The SMILES string of the molecule is Cc1cc(CCC(=O)O)nc2c1c(=O)cc(Nc1ccccc1)n2-c1ccccc1. The summed E-state index contributed by atoms with van der Waals surface area (Å²) in [6.07, 6.45) is 0.279. The van der Waals surface area contributed by atoms with E-state index in [1.807, 2.05) is 72.2 Å². The van der Waals surface area contributed by atoms with Crippen LogP contribution in [-0.2, 0) is 11.2 Å². The molecular formula is C24H21N3O3. The Morgan fingerprint density at radius 1 is 1.03 bits per heavy atom. The summed E-state index contributed by atoms with van der Waals surface area (Å²) in [7, 11) is 0. The molecule has 2 N–H and O–H groups in total. The van der Waals surface area contributed by atoms with Crippen molar-refractivity contribution >= 4 is 28.5 Å². The lowest BCUT2D eigenvalue weighted by Crippen LogP contribution is -2.15. The number of nitrogens with zero attached hydrogens (tertiary/aromatic N) is 2. The van der Waals surface area contributed by atoms with Gasteiger partial charge < -0.3 is 10.4 Å². The van der Waals surface area contributed by atoms with Crippen LogP contribution in [-0.4, -0.2) is 20.6 Å². The van der Waals surface area contributed by atoms with Gasteiger partial charge in [-0.25, -0.2) is 4.98 Å². The number of carbonyl (C=O) groups is 1. The Hall–Kier alpha value is -3.93. The largest absolute Gasteiger partial charge is 0.481 e. The summed E-state index contributed by atoms with van der Waals surface area (Å²) in [6.45, 7) is 1.86. The minimum atomic E-state index is -0.880. The van der Waals surface area contributed by atoms with Crippen molar-refractivity contribution in [1.82, 2.24) is 9.55 Å². The number of pyridine rings is 2. The zero-order valence-electron chi connectivity index (χ0n) is 16.5. The van der Waals surface area contributed by atoms with E-state index in [2.05, 4.69) is 5.32 Å². The van der Waals surface area contributed by atoms with Crippen LogP contribution < -0.4 is 10.7 Å². The van der Waals surface area contributed by atoms with Crippen molar-refractivity contribution in [2.75, 3.05) is 5.32 Å². The van der Waals surface area contributed by atoms with E-state index < -0.39 is 5.97 Å². The van der Waals surface area contributed by atoms with Crippen molar-refractivity contribution in [3.8, 4) is 5.69 Å². The van der Waals surface area contributed by atoms with Crippen LogP contribution in [0.3, 0.4) is 0 Å². The highest BCUT2D eigenvalue weighted by atomic mass is 16.4. The van der Waals surface area contributed by atoms with E-state index in [4.69, 9.17) is 10.1 Å². The second-order valence-corrected chi connectivity index (χ2v) is 7.08. The number of aryl methyl sites for hydroxylation is 2. The highest BCUT2D eigenvalue weighted by molar-refractivity contribution is 5.84. The maximum absolute atomic E-state index is 13.0. The molecule has 0 saturated carbocycles. The van der Waals surface area contributed by atoms with Crippen molar-refractivity contribution in [3.05, 3.63) is 94.3 Å². The Bertz CT molecular complexity index is 1270. The maximum Gasteiger partial charge on any atom is 0.303 e. The van der Waals surface area contributed by atoms with Crippen molar-refractivity contribution in [3.63, 3.8) is 0 Å². The van der Waals surface area contributed by atoms with E-state index in [1.54, 1.807) is 12.1 Å². The Morgan fingerprint density at radius 3 is 2.37 bits per heavy atom.